The molecule has 0 aliphatic heterocycles. The molecule has 0 aliphatic carbocycles. The number of thiophene rings is 1. The topological polar surface area (TPSA) is 30.5 Å². The van der Waals surface area contributed by atoms with Crippen LogP contribution in [-0.2, 0) is 0 Å². The maximum atomic E-state index is 5.59. The van der Waals surface area contributed by atoms with Gasteiger partial charge in [0.25, 0.3) is 0 Å². The molecule has 2 aromatic rings. The van der Waals surface area contributed by atoms with E-state index in [0.29, 0.717) is 0 Å². The Hall–Kier alpha value is -0.560. The van der Waals surface area contributed by atoms with E-state index in [0.717, 1.165) is 25.3 Å². The Balaban J connectivity index is 2.54. The first kappa shape index (κ1) is 16.8. The Labute approximate surface area is 145 Å². The summed E-state index contributed by atoms with van der Waals surface area (Å²) in [5.41, 5.74) is 2.31. The van der Waals surface area contributed by atoms with Gasteiger partial charge in [0.05, 0.1) is 24.0 Å². The molecule has 0 amide bonds. The van der Waals surface area contributed by atoms with Crippen LogP contribution in [0.25, 0.3) is 0 Å². The fraction of sp³-hybridized carbons (Fsp3) is 0.333. The van der Waals surface area contributed by atoms with E-state index < -0.39 is 0 Å². The fourth-order valence-corrected chi connectivity index (χ4v) is 4.61. The van der Waals surface area contributed by atoms with Gasteiger partial charge in [-0.2, -0.15) is 0 Å². The molecular weight excluding hydrogens is 418 g/mol. The SMILES string of the molecule is CNC(c1cc(C)c(Br)s1)c1ccc(OC)c(Br)c1OC. The zero-order valence-electron chi connectivity index (χ0n) is 12.3. The van der Waals surface area contributed by atoms with Crippen molar-refractivity contribution in [3.63, 3.8) is 0 Å². The lowest BCUT2D eigenvalue weighted by Crippen LogP contribution is -2.17. The molecule has 2 rings (SSSR count). The summed E-state index contributed by atoms with van der Waals surface area (Å²) in [7, 11) is 5.27. The van der Waals surface area contributed by atoms with E-state index >= 15 is 0 Å². The van der Waals surface area contributed by atoms with Gasteiger partial charge in [0.1, 0.15) is 16.0 Å². The average molecular weight is 435 g/mol. The number of ether oxygens (including phenoxy) is 2. The molecule has 114 valence electrons. The second kappa shape index (κ2) is 7.13. The van der Waals surface area contributed by atoms with Gasteiger partial charge in [-0.1, -0.05) is 0 Å². The minimum atomic E-state index is 0.0668. The molecule has 0 saturated carbocycles. The van der Waals surface area contributed by atoms with Gasteiger partial charge in [-0.15, -0.1) is 11.3 Å². The van der Waals surface area contributed by atoms with Crippen LogP contribution in [0.4, 0.5) is 0 Å². The Kier molecular flexibility index (Phi) is 5.71. The average Bonchev–Trinajstić information content (AvgIpc) is 2.79. The molecule has 1 heterocycles. The van der Waals surface area contributed by atoms with Gasteiger partial charge in [0.2, 0.25) is 0 Å². The summed E-state index contributed by atoms with van der Waals surface area (Å²) in [6, 6.07) is 6.24. The van der Waals surface area contributed by atoms with Crippen molar-refractivity contribution < 1.29 is 9.47 Å². The first-order valence-corrected chi connectivity index (χ1v) is 8.77. The first-order valence-electron chi connectivity index (χ1n) is 6.37. The maximum Gasteiger partial charge on any atom is 0.141 e. The number of hydrogen-bond donors (Lipinski definition) is 1. The van der Waals surface area contributed by atoms with E-state index in [2.05, 4.69) is 50.2 Å². The molecule has 0 saturated heterocycles. The van der Waals surface area contributed by atoms with E-state index in [1.807, 2.05) is 19.2 Å². The number of methoxy groups -OCH3 is 2. The van der Waals surface area contributed by atoms with Crippen LogP contribution in [0.3, 0.4) is 0 Å². The lowest BCUT2D eigenvalue weighted by molar-refractivity contribution is 0.383. The molecule has 0 spiro atoms. The van der Waals surface area contributed by atoms with E-state index in [9.17, 15) is 0 Å². The number of rotatable bonds is 5. The van der Waals surface area contributed by atoms with Crippen molar-refractivity contribution in [3.8, 4) is 11.5 Å². The Morgan fingerprint density at radius 3 is 2.38 bits per heavy atom. The van der Waals surface area contributed by atoms with Crippen molar-refractivity contribution in [2.24, 2.45) is 0 Å². The van der Waals surface area contributed by atoms with E-state index in [4.69, 9.17) is 9.47 Å². The quantitative estimate of drug-likeness (QED) is 0.725. The predicted molar refractivity (Wildman–Crippen MR) is 94.9 cm³/mol. The van der Waals surface area contributed by atoms with Crippen LogP contribution in [0, 0.1) is 6.92 Å². The van der Waals surface area contributed by atoms with Crippen LogP contribution in [0.5, 0.6) is 11.5 Å². The molecule has 0 aliphatic rings. The van der Waals surface area contributed by atoms with Gasteiger partial charge < -0.3 is 14.8 Å². The summed E-state index contributed by atoms with van der Waals surface area (Å²) in [4.78, 5) is 1.23. The third-order valence-electron chi connectivity index (χ3n) is 3.28. The molecule has 1 unspecified atom stereocenters. The Bertz CT molecular complexity index is 623. The van der Waals surface area contributed by atoms with E-state index in [1.165, 1.54) is 10.4 Å². The number of aryl methyl sites for hydroxylation is 1. The smallest absolute Gasteiger partial charge is 0.141 e. The second-order valence-electron chi connectivity index (χ2n) is 4.53. The predicted octanol–water partition coefficient (Wildman–Crippen LogP) is 4.91. The van der Waals surface area contributed by atoms with Crippen molar-refractivity contribution in [1.29, 1.82) is 0 Å². The fourth-order valence-electron chi connectivity index (χ4n) is 2.22. The summed E-state index contributed by atoms with van der Waals surface area (Å²) in [6.45, 7) is 2.10. The lowest BCUT2D eigenvalue weighted by Gasteiger charge is -2.20. The van der Waals surface area contributed by atoms with Crippen molar-refractivity contribution in [2.45, 2.75) is 13.0 Å². The van der Waals surface area contributed by atoms with Crippen molar-refractivity contribution >= 4 is 43.2 Å². The molecule has 1 aromatic heterocycles. The molecule has 3 nitrogen and oxygen atoms in total. The monoisotopic (exact) mass is 433 g/mol. The molecule has 0 radical (unpaired) electrons. The number of halogens is 2. The standard InChI is InChI=1S/C15H17Br2NO2S/c1-8-7-11(21-15(8)17)13(18-2)9-5-6-10(19-3)12(16)14(9)20-4/h5-7,13,18H,1-4H3. The van der Waals surface area contributed by atoms with Crippen LogP contribution in [0.1, 0.15) is 22.0 Å². The lowest BCUT2D eigenvalue weighted by atomic mass is 10.0. The summed E-state index contributed by atoms with van der Waals surface area (Å²) >= 11 is 8.88. The highest BCUT2D eigenvalue weighted by atomic mass is 79.9. The highest BCUT2D eigenvalue weighted by Gasteiger charge is 2.22. The first-order chi connectivity index (χ1) is 10.0. The molecule has 0 fully saturated rings. The van der Waals surface area contributed by atoms with Gasteiger partial charge >= 0.3 is 0 Å². The largest absolute Gasteiger partial charge is 0.495 e. The van der Waals surface area contributed by atoms with Crippen molar-refractivity contribution in [2.75, 3.05) is 21.3 Å². The van der Waals surface area contributed by atoms with E-state index in [-0.39, 0.29) is 6.04 Å². The number of benzene rings is 1. The number of nitrogens with one attached hydrogen (secondary N) is 1. The van der Waals surface area contributed by atoms with Gasteiger partial charge in [-0.25, -0.2) is 0 Å². The van der Waals surface area contributed by atoms with Crippen molar-refractivity contribution in [3.05, 3.63) is 42.5 Å². The molecule has 1 N–H and O–H groups in total. The normalized spacial score (nSPS) is 12.3. The summed E-state index contributed by atoms with van der Waals surface area (Å²) in [6.07, 6.45) is 0. The summed E-state index contributed by atoms with van der Waals surface area (Å²) in [5.74, 6) is 1.55. The Morgan fingerprint density at radius 2 is 1.90 bits per heavy atom. The third kappa shape index (κ3) is 3.28. The minimum Gasteiger partial charge on any atom is -0.495 e. The molecule has 1 atom stereocenters. The highest BCUT2D eigenvalue weighted by molar-refractivity contribution is 9.11. The minimum absolute atomic E-state index is 0.0668. The Morgan fingerprint density at radius 1 is 1.19 bits per heavy atom. The summed E-state index contributed by atoms with van der Waals surface area (Å²) in [5, 5.41) is 3.36. The number of hydrogen-bond acceptors (Lipinski definition) is 4. The van der Waals surface area contributed by atoms with Gasteiger partial charge in [-0.05, 0) is 69.6 Å². The van der Waals surface area contributed by atoms with Crippen LogP contribution in [0.2, 0.25) is 0 Å². The molecule has 1 aromatic carbocycles. The molecule has 0 bridgehead atoms. The summed E-state index contributed by atoms with van der Waals surface area (Å²) < 4.78 is 12.9. The zero-order valence-corrected chi connectivity index (χ0v) is 16.3. The van der Waals surface area contributed by atoms with Gasteiger partial charge in [0.15, 0.2) is 0 Å². The van der Waals surface area contributed by atoms with Gasteiger partial charge in [0, 0.05) is 10.4 Å². The van der Waals surface area contributed by atoms with Crippen LogP contribution in [-0.4, -0.2) is 21.3 Å². The molecular formula is C15H17Br2NO2S. The third-order valence-corrected chi connectivity index (χ3v) is 6.23. The van der Waals surface area contributed by atoms with Crippen LogP contribution < -0.4 is 14.8 Å². The van der Waals surface area contributed by atoms with Crippen LogP contribution >= 0.6 is 43.2 Å². The molecule has 21 heavy (non-hydrogen) atoms. The van der Waals surface area contributed by atoms with Gasteiger partial charge in [-0.3, -0.25) is 0 Å². The highest BCUT2D eigenvalue weighted by Crippen LogP contribution is 2.43. The zero-order chi connectivity index (χ0) is 15.6. The second-order valence-corrected chi connectivity index (χ2v) is 7.73. The maximum absolute atomic E-state index is 5.59. The van der Waals surface area contributed by atoms with Crippen molar-refractivity contribution in [1.82, 2.24) is 5.32 Å². The van der Waals surface area contributed by atoms with E-state index in [1.54, 1.807) is 25.6 Å². The molecule has 6 heteroatoms. The van der Waals surface area contributed by atoms with Crippen LogP contribution in [0.15, 0.2) is 26.5 Å².